The summed E-state index contributed by atoms with van der Waals surface area (Å²) in [5.74, 6) is 0. The quantitative estimate of drug-likeness (QED) is 0.445. The molecule has 0 aromatic heterocycles. The Morgan fingerprint density at radius 2 is 2.12 bits per heavy atom. The van der Waals surface area contributed by atoms with E-state index < -0.39 is 0 Å². The Labute approximate surface area is 56.2 Å². The fourth-order valence-corrected chi connectivity index (χ4v) is 1.88. The zero-order valence-electron chi connectivity index (χ0n) is 5.58. The second-order valence-electron chi connectivity index (χ2n) is 3.50. The van der Waals surface area contributed by atoms with Gasteiger partial charge in [-0.1, -0.05) is 13.8 Å². The van der Waals surface area contributed by atoms with Crippen LogP contribution < -0.4 is 0 Å². The number of alkyl halides is 1. The molecule has 0 heterocycles. The molecule has 1 saturated carbocycles. The SMILES string of the molecule is CC1(C)CCC(Cl)C1. The number of rotatable bonds is 0. The van der Waals surface area contributed by atoms with Gasteiger partial charge in [0, 0.05) is 5.38 Å². The van der Waals surface area contributed by atoms with Gasteiger partial charge in [0.1, 0.15) is 0 Å². The largest absolute Gasteiger partial charge is 0.123 e. The molecule has 0 aliphatic heterocycles. The number of halogens is 1. The first kappa shape index (κ1) is 6.41. The van der Waals surface area contributed by atoms with Gasteiger partial charge in [-0.2, -0.15) is 0 Å². The summed E-state index contributed by atoms with van der Waals surface area (Å²) in [5, 5.41) is 0.463. The van der Waals surface area contributed by atoms with Gasteiger partial charge in [-0.15, -0.1) is 11.6 Å². The second-order valence-corrected chi connectivity index (χ2v) is 4.12. The Bertz CT molecular complexity index is 86.4. The van der Waals surface area contributed by atoms with Gasteiger partial charge in [-0.05, 0) is 24.7 Å². The molecule has 1 unspecified atom stereocenters. The van der Waals surface area contributed by atoms with E-state index in [1.807, 2.05) is 0 Å². The van der Waals surface area contributed by atoms with Crippen LogP contribution in [0.5, 0.6) is 0 Å². The molecule has 1 rings (SSSR count). The van der Waals surface area contributed by atoms with Gasteiger partial charge in [0.25, 0.3) is 0 Å². The predicted molar refractivity (Wildman–Crippen MR) is 37.3 cm³/mol. The average molecular weight is 133 g/mol. The van der Waals surface area contributed by atoms with Gasteiger partial charge in [0.2, 0.25) is 0 Å². The smallest absolute Gasteiger partial charge is 0.0341 e. The van der Waals surface area contributed by atoms with E-state index in [9.17, 15) is 0 Å². The molecule has 1 atom stereocenters. The minimum absolute atomic E-state index is 0.463. The summed E-state index contributed by atoms with van der Waals surface area (Å²) in [6.07, 6.45) is 3.73. The topological polar surface area (TPSA) is 0 Å². The highest BCUT2D eigenvalue weighted by molar-refractivity contribution is 6.20. The lowest BCUT2D eigenvalue weighted by molar-refractivity contribution is 0.383. The van der Waals surface area contributed by atoms with Crippen LogP contribution in [0.4, 0.5) is 0 Å². The van der Waals surface area contributed by atoms with Crippen LogP contribution in [0, 0.1) is 5.41 Å². The number of hydrogen-bond donors (Lipinski definition) is 0. The molecule has 0 saturated heterocycles. The van der Waals surface area contributed by atoms with Crippen LogP contribution in [0.25, 0.3) is 0 Å². The van der Waals surface area contributed by atoms with Gasteiger partial charge in [0.15, 0.2) is 0 Å². The highest BCUT2D eigenvalue weighted by Gasteiger charge is 2.29. The molecule has 8 heavy (non-hydrogen) atoms. The summed E-state index contributed by atoms with van der Waals surface area (Å²) >= 11 is 5.90. The van der Waals surface area contributed by atoms with Gasteiger partial charge >= 0.3 is 0 Å². The van der Waals surface area contributed by atoms with Crippen LogP contribution in [0.15, 0.2) is 0 Å². The predicted octanol–water partition coefficient (Wildman–Crippen LogP) is 2.80. The second kappa shape index (κ2) is 1.91. The molecule has 0 N–H and O–H groups in total. The van der Waals surface area contributed by atoms with Crippen LogP contribution in [-0.2, 0) is 0 Å². The van der Waals surface area contributed by atoms with Crippen molar-refractivity contribution in [3.05, 3.63) is 0 Å². The van der Waals surface area contributed by atoms with Crippen LogP contribution in [-0.4, -0.2) is 5.38 Å². The minimum Gasteiger partial charge on any atom is -0.123 e. The Morgan fingerprint density at radius 3 is 2.25 bits per heavy atom. The summed E-state index contributed by atoms with van der Waals surface area (Å²) in [6, 6.07) is 0. The van der Waals surface area contributed by atoms with Crippen molar-refractivity contribution < 1.29 is 0 Å². The summed E-state index contributed by atoms with van der Waals surface area (Å²) in [7, 11) is 0. The van der Waals surface area contributed by atoms with Gasteiger partial charge in [-0.3, -0.25) is 0 Å². The van der Waals surface area contributed by atoms with Crippen molar-refractivity contribution in [1.82, 2.24) is 0 Å². The summed E-state index contributed by atoms with van der Waals surface area (Å²) in [6.45, 7) is 4.57. The van der Waals surface area contributed by atoms with E-state index in [1.165, 1.54) is 19.3 Å². The lowest BCUT2D eigenvalue weighted by Crippen LogP contribution is -2.04. The zero-order chi connectivity index (χ0) is 6.20. The third-order valence-electron chi connectivity index (χ3n) is 1.91. The summed E-state index contributed by atoms with van der Waals surface area (Å²) < 4.78 is 0. The van der Waals surface area contributed by atoms with Gasteiger partial charge in [-0.25, -0.2) is 0 Å². The van der Waals surface area contributed by atoms with E-state index >= 15 is 0 Å². The molecule has 0 nitrogen and oxygen atoms in total. The Balaban J connectivity index is 2.44. The molecule has 1 fully saturated rings. The maximum atomic E-state index is 5.90. The molecule has 1 heteroatoms. The van der Waals surface area contributed by atoms with Crippen LogP contribution in [0.3, 0.4) is 0 Å². The lowest BCUT2D eigenvalue weighted by Gasteiger charge is -2.14. The van der Waals surface area contributed by atoms with E-state index in [1.54, 1.807) is 0 Å². The Kier molecular flexibility index (Phi) is 1.53. The fraction of sp³-hybridized carbons (Fsp3) is 1.00. The fourth-order valence-electron chi connectivity index (χ4n) is 1.35. The van der Waals surface area contributed by atoms with Crippen molar-refractivity contribution in [3.63, 3.8) is 0 Å². The highest BCUT2D eigenvalue weighted by Crippen LogP contribution is 2.39. The standard InChI is InChI=1S/C7H13Cl/c1-7(2)4-3-6(8)5-7/h6H,3-5H2,1-2H3. The van der Waals surface area contributed by atoms with Crippen molar-refractivity contribution in [1.29, 1.82) is 0 Å². The number of hydrogen-bond acceptors (Lipinski definition) is 0. The van der Waals surface area contributed by atoms with Crippen molar-refractivity contribution in [3.8, 4) is 0 Å². The first-order valence-corrected chi connectivity index (χ1v) is 3.68. The monoisotopic (exact) mass is 132 g/mol. The van der Waals surface area contributed by atoms with Crippen molar-refractivity contribution in [2.45, 2.75) is 38.5 Å². The molecule has 0 bridgehead atoms. The molecule has 1 aliphatic carbocycles. The van der Waals surface area contributed by atoms with E-state index in [2.05, 4.69) is 13.8 Å². The first-order chi connectivity index (χ1) is 3.60. The van der Waals surface area contributed by atoms with Crippen LogP contribution >= 0.6 is 11.6 Å². The minimum atomic E-state index is 0.463. The molecule has 0 aromatic carbocycles. The van der Waals surface area contributed by atoms with E-state index in [4.69, 9.17) is 11.6 Å². The third kappa shape index (κ3) is 1.38. The first-order valence-electron chi connectivity index (χ1n) is 3.24. The zero-order valence-corrected chi connectivity index (χ0v) is 6.33. The van der Waals surface area contributed by atoms with Crippen molar-refractivity contribution in [2.24, 2.45) is 5.41 Å². The van der Waals surface area contributed by atoms with E-state index in [-0.39, 0.29) is 0 Å². The van der Waals surface area contributed by atoms with Crippen molar-refractivity contribution >= 4 is 11.6 Å². The average Bonchev–Trinajstić information content (AvgIpc) is 1.82. The van der Waals surface area contributed by atoms with Crippen LogP contribution in [0.1, 0.15) is 33.1 Å². The molecule has 1 aliphatic rings. The maximum absolute atomic E-state index is 5.90. The third-order valence-corrected chi connectivity index (χ3v) is 2.28. The summed E-state index contributed by atoms with van der Waals surface area (Å²) in [5.41, 5.74) is 0.534. The molecule has 0 radical (unpaired) electrons. The van der Waals surface area contributed by atoms with Gasteiger partial charge < -0.3 is 0 Å². The molecule has 0 spiro atoms. The Morgan fingerprint density at radius 1 is 1.50 bits per heavy atom. The lowest BCUT2D eigenvalue weighted by atomic mass is 9.92. The highest BCUT2D eigenvalue weighted by atomic mass is 35.5. The van der Waals surface area contributed by atoms with Crippen LogP contribution in [0.2, 0.25) is 0 Å². The Hall–Kier alpha value is 0.290. The normalized spacial score (nSPS) is 35.6. The molecule has 0 aromatic rings. The summed E-state index contributed by atoms with van der Waals surface area (Å²) in [4.78, 5) is 0. The van der Waals surface area contributed by atoms with Crippen molar-refractivity contribution in [2.75, 3.05) is 0 Å². The molecular weight excluding hydrogens is 120 g/mol. The molecular formula is C7H13Cl. The molecule has 48 valence electrons. The maximum Gasteiger partial charge on any atom is 0.0341 e. The van der Waals surface area contributed by atoms with E-state index in [0.717, 1.165) is 0 Å². The molecule has 0 amide bonds. The van der Waals surface area contributed by atoms with Gasteiger partial charge in [0.05, 0.1) is 0 Å². The van der Waals surface area contributed by atoms with E-state index in [0.29, 0.717) is 10.8 Å².